The van der Waals surface area contributed by atoms with Crippen molar-refractivity contribution in [3.8, 4) is 0 Å². The number of nitrogens with one attached hydrogen (secondary N) is 1. The molecule has 1 unspecified atom stereocenters. The zero-order valence-electron chi connectivity index (χ0n) is 16.0. The Morgan fingerprint density at radius 1 is 1.21 bits per heavy atom. The fourth-order valence-corrected chi connectivity index (χ4v) is 5.18. The van der Waals surface area contributed by atoms with Gasteiger partial charge in [-0.1, -0.05) is 6.07 Å². The summed E-state index contributed by atoms with van der Waals surface area (Å²) in [6, 6.07) is 6.08. The number of ether oxygens (including phenoxy) is 1. The van der Waals surface area contributed by atoms with Crippen molar-refractivity contribution in [1.82, 2.24) is 20.3 Å². The third-order valence-electron chi connectivity index (χ3n) is 5.31. The van der Waals surface area contributed by atoms with E-state index >= 15 is 0 Å². The zero-order chi connectivity index (χ0) is 18.1. The van der Waals surface area contributed by atoms with Crippen LogP contribution >= 0.6 is 36.2 Å². The van der Waals surface area contributed by atoms with Gasteiger partial charge in [0, 0.05) is 30.8 Å². The lowest BCUT2D eigenvalue weighted by molar-refractivity contribution is 0.115. The van der Waals surface area contributed by atoms with Crippen molar-refractivity contribution in [2.24, 2.45) is 0 Å². The number of anilines is 1. The summed E-state index contributed by atoms with van der Waals surface area (Å²) >= 11 is 1.79. The third-order valence-corrected chi connectivity index (χ3v) is 6.45. The lowest BCUT2D eigenvalue weighted by atomic mass is 10.1. The van der Waals surface area contributed by atoms with Gasteiger partial charge in [0.1, 0.15) is 17.0 Å². The van der Waals surface area contributed by atoms with Gasteiger partial charge in [-0.2, -0.15) is 0 Å². The molecule has 0 bridgehead atoms. The molecule has 2 aliphatic rings. The van der Waals surface area contributed by atoms with Crippen molar-refractivity contribution in [2.45, 2.75) is 38.5 Å². The molecule has 156 valence electrons. The van der Waals surface area contributed by atoms with Crippen molar-refractivity contribution in [3.63, 3.8) is 0 Å². The lowest BCUT2D eigenvalue weighted by Crippen LogP contribution is -2.33. The molecule has 1 fully saturated rings. The number of nitrogens with zero attached hydrogens (tertiary/aromatic N) is 4. The maximum Gasteiger partial charge on any atom is 0.141 e. The van der Waals surface area contributed by atoms with Crippen molar-refractivity contribution >= 4 is 52.2 Å². The van der Waals surface area contributed by atoms with Gasteiger partial charge < -0.3 is 15.0 Å². The molecule has 0 aromatic carbocycles. The van der Waals surface area contributed by atoms with E-state index in [1.54, 1.807) is 17.7 Å². The van der Waals surface area contributed by atoms with Crippen molar-refractivity contribution < 1.29 is 4.74 Å². The largest absolute Gasteiger partial charge is 0.376 e. The summed E-state index contributed by atoms with van der Waals surface area (Å²) in [5.74, 6) is 1.03. The summed E-state index contributed by atoms with van der Waals surface area (Å²) in [6.45, 7) is 4.38. The first-order valence-corrected chi connectivity index (χ1v) is 10.4. The molecule has 0 amide bonds. The fraction of sp³-hybridized carbons (Fsp3) is 0.450. The number of halogens is 2. The zero-order valence-corrected chi connectivity index (χ0v) is 18.5. The molecular formula is C20H25Cl2N5OS. The molecule has 6 nitrogen and oxygen atoms in total. The van der Waals surface area contributed by atoms with Crippen LogP contribution in [0.3, 0.4) is 0 Å². The molecule has 1 N–H and O–H groups in total. The molecule has 0 radical (unpaired) electrons. The minimum Gasteiger partial charge on any atom is -0.376 e. The molecule has 9 heteroatoms. The van der Waals surface area contributed by atoms with E-state index in [0.29, 0.717) is 0 Å². The maximum absolute atomic E-state index is 5.94. The Morgan fingerprint density at radius 3 is 2.93 bits per heavy atom. The second-order valence-electron chi connectivity index (χ2n) is 7.14. The van der Waals surface area contributed by atoms with Gasteiger partial charge in [-0.3, -0.25) is 4.98 Å². The highest BCUT2D eigenvalue weighted by molar-refractivity contribution is 7.19. The molecular weight excluding hydrogens is 429 g/mol. The highest BCUT2D eigenvalue weighted by Crippen LogP contribution is 2.37. The summed E-state index contributed by atoms with van der Waals surface area (Å²) in [6.07, 6.45) is 7.10. The summed E-state index contributed by atoms with van der Waals surface area (Å²) in [5, 5.41) is 4.70. The summed E-state index contributed by atoms with van der Waals surface area (Å²) in [5.41, 5.74) is 2.47. The third kappa shape index (κ3) is 4.64. The van der Waals surface area contributed by atoms with Crippen molar-refractivity contribution in [3.05, 3.63) is 46.9 Å². The molecule has 3 aromatic heterocycles. The van der Waals surface area contributed by atoms with Gasteiger partial charge in [0.25, 0.3) is 0 Å². The Labute approximate surface area is 186 Å². The van der Waals surface area contributed by atoms with Crippen molar-refractivity contribution in [1.29, 1.82) is 0 Å². The monoisotopic (exact) mass is 453 g/mol. The van der Waals surface area contributed by atoms with Gasteiger partial charge >= 0.3 is 0 Å². The molecule has 1 saturated heterocycles. The molecule has 5 heterocycles. The number of pyridine rings is 1. The van der Waals surface area contributed by atoms with Crippen LogP contribution in [0.1, 0.15) is 29.0 Å². The quantitative estimate of drug-likeness (QED) is 0.634. The molecule has 29 heavy (non-hydrogen) atoms. The molecule has 2 aliphatic heterocycles. The molecule has 0 spiro atoms. The molecule has 0 saturated carbocycles. The van der Waals surface area contributed by atoms with Gasteiger partial charge in [0.05, 0.1) is 23.7 Å². The van der Waals surface area contributed by atoms with Gasteiger partial charge in [0.2, 0.25) is 0 Å². The van der Waals surface area contributed by atoms with Crippen LogP contribution in [-0.4, -0.2) is 40.8 Å². The predicted octanol–water partition coefficient (Wildman–Crippen LogP) is 3.76. The van der Waals surface area contributed by atoms with E-state index in [1.807, 2.05) is 18.3 Å². The Hall–Kier alpha value is -1.51. The van der Waals surface area contributed by atoms with E-state index < -0.39 is 0 Å². The first-order chi connectivity index (χ1) is 13.4. The standard InChI is InChI=1S/C20H23N5OS.2ClH/c1-2-7-22-14(4-1)11-25(12-15-5-3-9-26-15)19-18-16-6-8-21-10-17(16)27-20(18)24-13-23-19;;/h1-2,4,7,13,15,21H,3,5-6,8-12H2;2*1H. The number of aromatic nitrogens is 3. The number of thiophene rings is 1. The minimum atomic E-state index is 0. The number of hydrogen-bond acceptors (Lipinski definition) is 7. The highest BCUT2D eigenvalue weighted by atomic mass is 35.5. The van der Waals surface area contributed by atoms with Gasteiger partial charge in [-0.15, -0.1) is 36.2 Å². The normalized spacial score (nSPS) is 18.0. The van der Waals surface area contributed by atoms with Gasteiger partial charge in [-0.05, 0) is 43.5 Å². The van der Waals surface area contributed by atoms with Crippen LogP contribution in [0.5, 0.6) is 0 Å². The summed E-state index contributed by atoms with van der Waals surface area (Å²) < 4.78 is 5.94. The van der Waals surface area contributed by atoms with E-state index in [1.165, 1.54) is 15.8 Å². The average molecular weight is 454 g/mol. The summed E-state index contributed by atoms with van der Waals surface area (Å²) in [4.78, 5) is 18.7. The Kier molecular flexibility index (Phi) is 7.65. The van der Waals surface area contributed by atoms with E-state index in [9.17, 15) is 0 Å². The Balaban J connectivity index is 0.00000120. The van der Waals surface area contributed by atoms with Crippen LogP contribution in [0.4, 0.5) is 5.82 Å². The van der Waals surface area contributed by atoms with Crippen LogP contribution in [0.2, 0.25) is 0 Å². The number of hydrogen-bond donors (Lipinski definition) is 1. The van der Waals surface area contributed by atoms with Crippen molar-refractivity contribution in [2.75, 3.05) is 24.6 Å². The maximum atomic E-state index is 5.94. The SMILES string of the molecule is Cl.Cl.c1ccc(CN(CC2CCCO2)c2ncnc3sc4c(c23)CCNC4)nc1. The van der Waals surface area contributed by atoms with Crippen LogP contribution in [0, 0.1) is 0 Å². The smallest absolute Gasteiger partial charge is 0.141 e. The lowest BCUT2D eigenvalue weighted by Gasteiger charge is -2.27. The van der Waals surface area contributed by atoms with Gasteiger partial charge in [-0.25, -0.2) is 9.97 Å². The molecule has 5 rings (SSSR count). The van der Waals surface area contributed by atoms with Crippen LogP contribution in [0.15, 0.2) is 30.7 Å². The highest BCUT2D eigenvalue weighted by Gasteiger charge is 2.25. The molecule has 1 atom stereocenters. The molecule has 3 aromatic rings. The number of rotatable bonds is 5. The predicted molar refractivity (Wildman–Crippen MR) is 122 cm³/mol. The summed E-state index contributed by atoms with van der Waals surface area (Å²) in [7, 11) is 0. The molecule has 0 aliphatic carbocycles. The second-order valence-corrected chi connectivity index (χ2v) is 8.23. The topological polar surface area (TPSA) is 63.2 Å². The van der Waals surface area contributed by atoms with E-state index in [-0.39, 0.29) is 30.9 Å². The fourth-order valence-electron chi connectivity index (χ4n) is 4.03. The van der Waals surface area contributed by atoms with E-state index in [4.69, 9.17) is 9.72 Å². The van der Waals surface area contributed by atoms with E-state index in [0.717, 1.165) is 68.4 Å². The minimum absolute atomic E-state index is 0. The van der Waals surface area contributed by atoms with Crippen LogP contribution in [0.25, 0.3) is 10.2 Å². The Bertz CT molecular complexity index is 933. The number of fused-ring (bicyclic) bond motifs is 3. The average Bonchev–Trinajstić information content (AvgIpc) is 3.35. The second kappa shape index (κ2) is 10.00. The van der Waals surface area contributed by atoms with Crippen LogP contribution < -0.4 is 10.2 Å². The van der Waals surface area contributed by atoms with E-state index in [2.05, 4.69) is 26.3 Å². The van der Waals surface area contributed by atoms with Crippen LogP contribution in [-0.2, 0) is 24.2 Å². The van der Waals surface area contributed by atoms with Gasteiger partial charge in [0.15, 0.2) is 0 Å². The first-order valence-electron chi connectivity index (χ1n) is 9.61. The first kappa shape index (κ1) is 22.2. The Morgan fingerprint density at radius 2 is 2.14 bits per heavy atom.